The third kappa shape index (κ3) is 7.78. The molecule has 1 N–H and O–H groups in total. The van der Waals surface area contributed by atoms with E-state index in [-0.39, 0.29) is 43.8 Å². The number of hydrogen-bond donors (Lipinski definition) is 1. The normalized spacial score (nSPS) is 14.8. The molecule has 0 unspecified atom stereocenters. The Morgan fingerprint density at radius 2 is 1.61 bits per heavy atom. The number of carbonyl (C=O) groups excluding carboxylic acids is 2. The number of hydrogen-bond acceptors (Lipinski definition) is 4. The molecule has 1 atom stereocenters. The van der Waals surface area contributed by atoms with Crippen molar-refractivity contribution in [3.8, 4) is 0 Å². The summed E-state index contributed by atoms with van der Waals surface area (Å²) in [6, 6.07) is 9.50. The smallest absolute Gasteiger partial charge is 0.242 e. The molecule has 0 bridgehead atoms. The van der Waals surface area contributed by atoms with Gasteiger partial charge in [0.1, 0.15) is 6.04 Å². The van der Waals surface area contributed by atoms with Crippen LogP contribution in [0.3, 0.4) is 0 Å². The van der Waals surface area contributed by atoms with E-state index in [1.165, 1.54) is 9.21 Å². The van der Waals surface area contributed by atoms with E-state index in [4.69, 9.17) is 34.8 Å². The largest absolute Gasteiger partial charge is 0.352 e. The zero-order valence-corrected chi connectivity index (χ0v) is 24.9. The van der Waals surface area contributed by atoms with Gasteiger partial charge < -0.3 is 10.2 Å². The zero-order valence-electron chi connectivity index (χ0n) is 21.8. The van der Waals surface area contributed by atoms with Gasteiger partial charge in [-0.05, 0) is 62.9 Å². The molecule has 1 fully saturated rings. The minimum atomic E-state index is -3.63. The van der Waals surface area contributed by atoms with E-state index in [1.54, 1.807) is 50.2 Å². The lowest BCUT2D eigenvalue weighted by atomic mass is 10.1. The quantitative estimate of drug-likeness (QED) is 0.343. The van der Waals surface area contributed by atoms with Crippen LogP contribution in [0.25, 0.3) is 0 Å². The van der Waals surface area contributed by atoms with Gasteiger partial charge in [-0.2, -0.15) is 0 Å². The second-order valence-corrected chi connectivity index (χ2v) is 12.8. The number of nitrogens with one attached hydrogen (secondary N) is 1. The predicted molar refractivity (Wildman–Crippen MR) is 154 cm³/mol. The fourth-order valence-corrected chi connectivity index (χ4v) is 6.38. The van der Waals surface area contributed by atoms with Crippen LogP contribution in [0.2, 0.25) is 15.1 Å². The van der Waals surface area contributed by atoms with E-state index in [0.29, 0.717) is 31.9 Å². The summed E-state index contributed by atoms with van der Waals surface area (Å²) in [5.41, 5.74) is 1.66. The average molecular weight is 603 g/mol. The van der Waals surface area contributed by atoms with Crippen molar-refractivity contribution < 1.29 is 18.0 Å². The van der Waals surface area contributed by atoms with E-state index >= 15 is 0 Å². The molecule has 0 heterocycles. The minimum Gasteiger partial charge on any atom is -0.352 e. The number of sulfonamides is 1. The molecule has 0 aliphatic heterocycles. The summed E-state index contributed by atoms with van der Waals surface area (Å²) in [7, 11) is -3.63. The van der Waals surface area contributed by atoms with E-state index < -0.39 is 16.1 Å². The maximum atomic E-state index is 13.5. The standard InChI is InChI=1S/C27H34Cl3N3O4S/c1-18-22(28)11-7-14-25(18)33(38(3,36)37)16-8-15-26(34)32(17-21-23(29)12-6-13-24(21)30)19(2)27(35)31-20-9-4-5-10-20/h6-7,11-14,19-20H,4-5,8-10,15-17H2,1-3H3,(H,31,35)/t19-/m1/s1. The fraction of sp³-hybridized carbons (Fsp3) is 0.481. The fourth-order valence-electron chi connectivity index (χ4n) is 4.68. The zero-order chi connectivity index (χ0) is 28.0. The molecule has 1 saturated carbocycles. The molecule has 1 aliphatic rings. The Balaban J connectivity index is 1.78. The van der Waals surface area contributed by atoms with Crippen molar-refractivity contribution in [3.05, 3.63) is 62.6 Å². The van der Waals surface area contributed by atoms with Gasteiger partial charge in [0, 0.05) is 46.2 Å². The maximum Gasteiger partial charge on any atom is 0.242 e. The monoisotopic (exact) mass is 601 g/mol. The Kier molecular flexibility index (Phi) is 10.7. The highest BCUT2D eigenvalue weighted by molar-refractivity contribution is 7.92. The molecule has 11 heteroatoms. The van der Waals surface area contributed by atoms with Gasteiger partial charge in [0.15, 0.2) is 0 Å². The number of carbonyl (C=O) groups is 2. The van der Waals surface area contributed by atoms with Crippen molar-refractivity contribution in [1.29, 1.82) is 0 Å². The van der Waals surface area contributed by atoms with E-state index in [0.717, 1.165) is 31.9 Å². The highest BCUT2D eigenvalue weighted by atomic mass is 35.5. The van der Waals surface area contributed by atoms with Crippen molar-refractivity contribution in [2.75, 3.05) is 17.1 Å². The first-order valence-electron chi connectivity index (χ1n) is 12.7. The molecular formula is C27H34Cl3N3O4S. The van der Waals surface area contributed by atoms with Gasteiger partial charge in [0.2, 0.25) is 21.8 Å². The first-order chi connectivity index (χ1) is 17.9. The number of halogens is 3. The van der Waals surface area contributed by atoms with Gasteiger partial charge in [-0.3, -0.25) is 13.9 Å². The molecule has 7 nitrogen and oxygen atoms in total. The van der Waals surface area contributed by atoms with Crippen molar-refractivity contribution in [2.24, 2.45) is 0 Å². The maximum absolute atomic E-state index is 13.5. The van der Waals surface area contributed by atoms with Crippen molar-refractivity contribution >= 4 is 62.3 Å². The molecule has 1 aliphatic carbocycles. The van der Waals surface area contributed by atoms with E-state index in [2.05, 4.69) is 5.32 Å². The predicted octanol–water partition coefficient (Wildman–Crippen LogP) is 5.98. The molecule has 3 rings (SSSR count). The topological polar surface area (TPSA) is 86.8 Å². The average Bonchev–Trinajstić information content (AvgIpc) is 3.35. The lowest BCUT2D eigenvalue weighted by Crippen LogP contribution is -2.49. The second-order valence-electron chi connectivity index (χ2n) is 9.71. The van der Waals surface area contributed by atoms with Gasteiger partial charge in [0.25, 0.3) is 0 Å². The van der Waals surface area contributed by atoms with Crippen LogP contribution in [-0.4, -0.2) is 50.0 Å². The highest BCUT2D eigenvalue weighted by Crippen LogP contribution is 2.29. The molecule has 0 aromatic heterocycles. The van der Waals surface area contributed by atoms with Crippen molar-refractivity contribution in [2.45, 2.75) is 71.0 Å². The van der Waals surface area contributed by atoms with Crippen LogP contribution in [-0.2, 0) is 26.2 Å². The highest BCUT2D eigenvalue weighted by Gasteiger charge is 2.30. The van der Waals surface area contributed by atoms with Gasteiger partial charge in [-0.15, -0.1) is 0 Å². The summed E-state index contributed by atoms with van der Waals surface area (Å²) in [6.45, 7) is 3.57. The Hall–Kier alpha value is -2.00. The van der Waals surface area contributed by atoms with E-state index in [9.17, 15) is 18.0 Å². The van der Waals surface area contributed by atoms with Crippen LogP contribution in [0.1, 0.15) is 56.6 Å². The lowest BCUT2D eigenvalue weighted by Gasteiger charge is -2.31. The van der Waals surface area contributed by atoms with Crippen LogP contribution in [0.4, 0.5) is 5.69 Å². The summed E-state index contributed by atoms with van der Waals surface area (Å²) in [5.74, 6) is -0.535. The summed E-state index contributed by atoms with van der Waals surface area (Å²) in [6.07, 6.45) is 5.37. The van der Waals surface area contributed by atoms with Crippen molar-refractivity contribution in [1.82, 2.24) is 10.2 Å². The molecular weight excluding hydrogens is 569 g/mol. The molecule has 2 aromatic rings. The van der Waals surface area contributed by atoms with Crippen LogP contribution in [0, 0.1) is 6.92 Å². The second kappa shape index (κ2) is 13.4. The Bertz CT molecular complexity index is 1250. The van der Waals surface area contributed by atoms with Crippen LogP contribution in [0.5, 0.6) is 0 Å². The summed E-state index contributed by atoms with van der Waals surface area (Å²) in [5, 5.41) is 4.32. The van der Waals surface area contributed by atoms with Gasteiger partial charge in [-0.25, -0.2) is 8.42 Å². The molecule has 0 saturated heterocycles. The number of anilines is 1. The molecule has 208 valence electrons. The summed E-state index contributed by atoms with van der Waals surface area (Å²) in [4.78, 5) is 28.1. The Labute approximate surface area is 240 Å². The van der Waals surface area contributed by atoms with Crippen LogP contribution < -0.4 is 9.62 Å². The molecule has 2 aromatic carbocycles. The molecule has 2 amide bonds. The Morgan fingerprint density at radius 1 is 1.03 bits per heavy atom. The third-order valence-electron chi connectivity index (χ3n) is 6.92. The minimum absolute atomic E-state index is 0.0226. The third-order valence-corrected chi connectivity index (χ3v) is 9.22. The van der Waals surface area contributed by atoms with Gasteiger partial charge >= 0.3 is 0 Å². The Morgan fingerprint density at radius 3 is 2.21 bits per heavy atom. The molecule has 0 radical (unpaired) electrons. The number of nitrogens with zero attached hydrogens (tertiary/aromatic N) is 2. The summed E-state index contributed by atoms with van der Waals surface area (Å²) >= 11 is 19.0. The van der Waals surface area contributed by atoms with Crippen LogP contribution >= 0.6 is 34.8 Å². The van der Waals surface area contributed by atoms with Gasteiger partial charge in [-0.1, -0.05) is 59.8 Å². The number of rotatable bonds is 11. The first kappa shape index (κ1) is 30.5. The van der Waals surface area contributed by atoms with Gasteiger partial charge in [0.05, 0.1) is 11.9 Å². The SMILES string of the molecule is Cc1c(Cl)cccc1N(CCCC(=O)N(Cc1c(Cl)cccc1Cl)[C@H](C)C(=O)NC1CCCC1)S(C)(=O)=O. The van der Waals surface area contributed by atoms with Crippen molar-refractivity contribution in [3.63, 3.8) is 0 Å². The molecule has 38 heavy (non-hydrogen) atoms. The lowest BCUT2D eigenvalue weighted by molar-refractivity contribution is -0.140. The number of amides is 2. The summed E-state index contributed by atoms with van der Waals surface area (Å²) < 4.78 is 26.4. The first-order valence-corrected chi connectivity index (χ1v) is 15.6. The van der Waals surface area contributed by atoms with E-state index in [1.807, 2.05) is 0 Å². The number of benzene rings is 2. The van der Waals surface area contributed by atoms with Crippen LogP contribution in [0.15, 0.2) is 36.4 Å². The molecule has 0 spiro atoms.